The van der Waals surface area contributed by atoms with Crippen LogP contribution in [0, 0.1) is 17.1 Å². The number of ether oxygens (including phenoxy) is 1. The number of rotatable bonds is 5. The van der Waals surface area contributed by atoms with Gasteiger partial charge in [-0.15, -0.1) is 0 Å². The van der Waals surface area contributed by atoms with Gasteiger partial charge in [-0.1, -0.05) is 0 Å². The molecule has 0 spiro atoms. The predicted octanol–water partition coefficient (Wildman–Crippen LogP) is 4.51. The number of nitriles is 1. The maximum Gasteiger partial charge on any atom is 0.131 e. The maximum atomic E-state index is 13.6. The number of aliphatic hydroxyl groups excluding tert-OH is 1. The Hall–Kier alpha value is -2.07. The molecule has 0 amide bonds. The molecule has 1 aliphatic rings. The van der Waals surface area contributed by atoms with Crippen molar-refractivity contribution in [2.45, 2.75) is 30.8 Å². The molecule has 1 atom stereocenters. The molecule has 0 saturated carbocycles. The molecule has 0 bridgehead atoms. The second kappa shape index (κ2) is 7.22. The minimum atomic E-state index is -0.561. The first-order valence-electron chi connectivity index (χ1n) is 7.64. The third-order valence-corrected chi connectivity index (χ3v) is 4.66. The Morgan fingerprint density at radius 2 is 2.21 bits per heavy atom. The molecule has 2 aromatic carbocycles. The van der Waals surface area contributed by atoms with Crippen LogP contribution in [0.2, 0.25) is 0 Å². The van der Waals surface area contributed by atoms with Crippen LogP contribution >= 0.6 is 12.0 Å². The zero-order chi connectivity index (χ0) is 17.1. The molecule has 0 saturated heterocycles. The molecule has 0 heterocycles. The smallest absolute Gasteiger partial charge is 0.131 e. The Morgan fingerprint density at radius 1 is 1.38 bits per heavy atom. The Bertz CT molecular complexity index is 804. The summed E-state index contributed by atoms with van der Waals surface area (Å²) in [5.41, 5.74) is 1.91. The topological polar surface area (TPSA) is 62.5 Å². The lowest BCUT2D eigenvalue weighted by Crippen LogP contribution is -1.97. The molecular formula is C18H16FNO3S. The summed E-state index contributed by atoms with van der Waals surface area (Å²) in [6.07, 6.45) is 0.725. The van der Waals surface area contributed by atoms with Gasteiger partial charge in [-0.25, -0.2) is 4.39 Å². The first-order valence-corrected chi connectivity index (χ1v) is 8.38. The van der Waals surface area contributed by atoms with Crippen molar-refractivity contribution in [2.24, 2.45) is 0 Å². The lowest BCUT2D eigenvalue weighted by Gasteiger charge is -2.15. The van der Waals surface area contributed by atoms with E-state index in [0.29, 0.717) is 25.2 Å². The number of aliphatic hydroxyl groups is 1. The van der Waals surface area contributed by atoms with Crippen molar-refractivity contribution in [1.82, 2.24) is 0 Å². The number of fused-ring (bicyclic) bond motifs is 1. The third-order valence-electron chi connectivity index (χ3n) is 3.77. The molecule has 0 fully saturated rings. The highest BCUT2D eigenvalue weighted by molar-refractivity contribution is 7.94. The predicted molar refractivity (Wildman–Crippen MR) is 88.4 cm³/mol. The highest BCUT2D eigenvalue weighted by Gasteiger charge is 2.27. The van der Waals surface area contributed by atoms with Crippen molar-refractivity contribution in [3.63, 3.8) is 0 Å². The van der Waals surface area contributed by atoms with Crippen molar-refractivity contribution in [3.8, 4) is 17.6 Å². The van der Waals surface area contributed by atoms with Gasteiger partial charge >= 0.3 is 0 Å². The summed E-state index contributed by atoms with van der Waals surface area (Å²) in [6, 6.07) is 9.40. The van der Waals surface area contributed by atoms with Gasteiger partial charge in [0.15, 0.2) is 0 Å². The van der Waals surface area contributed by atoms with E-state index >= 15 is 0 Å². The normalized spacial score (nSPS) is 15.8. The van der Waals surface area contributed by atoms with Crippen LogP contribution in [0.1, 0.15) is 36.1 Å². The summed E-state index contributed by atoms with van der Waals surface area (Å²) in [7, 11) is 0. The average Bonchev–Trinajstić information content (AvgIpc) is 2.96. The number of halogens is 1. The summed E-state index contributed by atoms with van der Waals surface area (Å²) in [5.74, 6) is 0.307. The van der Waals surface area contributed by atoms with Gasteiger partial charge in [0.05, 0.1) is 24.3 Å². The Kier molecular flexibility index (Phi) is 5.05. The van der Waals surface area contributed by atoms with Crippen LogP contribution in [0.25, 0.3) is 0 Å². The van der Waals surface area contributed by atoms with E-state index in [1.165, 1.54) is 24.2 Å². The minimum absolute atomic E-state index is 0.199. The molecule has 0 aliphatic heterocycles. The lowest BCUT2D eigenvalue weighted by atomic mass is 10.1. The highest BCUT2D eigenvalue weighted by atomic mass is 32.2. The van der Waals surface area contributed by atoms with Gasteiger partial charge in [0, 0.05) is 34.1 Å². The quantitative estimate of drug-likeness (QED) is 0.808. The molecule has 3 rings (SSSR count). The summed E-state index contributed by atoms with van der Waals surface area (Å²) in [5, 5.41) is 19.2. The van der Waals surface area contributed by atoms with Crippen molar-refractivity contribution >= 4 is 12.0 Å². The first-order chi connectivity index (χ1) is 11.6. The zero-order valence-corrected chi connectivity index (χ0v) is 13.9. The van der Waals surface area contributed by atoms with Gasteiger partial charge in [0.25, 0.3) is 0 Å². The molecule has 0 radical (unpaired) electrons. The van der Waals surface area contributed by atoms with Crippen LogP contribution in [0.15, 0.2) is 35.2 Å². The molecule has 1 aliphatic carbocycles. The fraction of sp³-hybridized carbons (Fsp3) is 0.278. The van der Waals surface area contributed by atoms with Gasteiger partial charge < -0.3 is 14.0 Å². The summed E-state index contributed by atoms with van der Waals surface area (Å²) >= 11 is 1.23. The monoisotopic (exact) mass is 345 g/mol. The molecule has 2 aromatic rings. The highest BCUT2D eigenvalue weighted by Crippen LogP contribution is 2.44. The zero-order valence-electron chi connectivity index (χ0n) is 13.1. The van der Waals surface area contributed by atoms with Crippen LogP contribution in [-0.4, -0.2) is 11.7 Å². The number of hydrogen-bond donors (Lipinski definition) is 1. The van der Waals surface area contributed by atoms with Gasteiger partial charge in [0.2, 0.25) is 0 Å². The third kappa shape index (κ3) is 3.39. The molecule has 0 aromatic heterocycles. The fourth-order valence-electron chi connectivity index (χ4n) is 2.78. The average molecular weight is 345 g/mol. The number of hydrogen-bond acceptors (Lipinski definition) is 5. The Morgan fingerprint density at radius 3 is 2.96 bits per heavy atom. The van der Waals surface area contributed by atoms with Crippen LogP contribution in [-0.2, 0) is 10.6 Å². The molecule has 4 nitrogen and oxygen atoms in total. The van der Waals surface area contributed by atoms with Crippen molar-refractivity contribution in [2.75, 3.05) is 6.61 Å². The summed E-state index contributed by atoms with van der Waals surface area (Å²) in [6.45, 7) is 2.46. The summed E-state index contributed by atoms with van der Waals surface area (Å²) in [4.78, 5) is 0.862. The number of benzene rings is 2. The van der Waals surface area contributed by atoms with Crippen LogP contribution in [0.5, 0.6) is 11.5 Å². The molecule has 124 valence electrons. The number of nitrogens with zero attached hydrogens (tertiary/aromatic N) is 1. The van der Waals surface area contributed by atoms with E-state index in [1.54, 1.807) is 6.07 Å². The van der Waals surface area contributed by atoms with E-state index in [-0.39, 0.29) is 11.3 Å². The van der Waals surface area contributed by atoms with Crippen LogP contribution in [0.3, 0.4) is 0 Å². The fourth-order valence-corrected chi connectivity index (χ4v) is 3.49. The second-order valence-electron chi connectivity index (χ2n) is 5.39. The SMILES string of the molecule is CCOSc1ccc(Oc2cc(F)cc(C#N)c2)c2c1C(O)CC2. The largest absolute Gasteiger partial charge is 0.457 e. The molecule has 24 heavy (non-hydrogen) atoms. The standard InChI is InChI=1S/C18H16FNO3S/c1-2-22-24-17-6-5-16(14-3-4-15(21)18(14)17)23-13-8-11(10-20)7-12(19)9-13/h5-9,15,21H,2-4H2,1H3. The van der Waals surface area contributed by atoms with Gasteiger partial charge in [-0.3, -0.25) is 0 Å². The van der Waals surface area contributed by atoms with Crippen molar-refractivity contribution in [1.29, 1.82) is 5.26 Å². The van der Waals surface area contributed by atoms with E-state index in [9.17, 15) is 9.50 Å². The van der Waals surface area contributed by atoms with Crippen LogP contribution in [0.4, 0.5) is 4.39 Å². The first kappa shape index (κ1) is 16.8. The second-order valence-corrected chi connectivity index (χ2v) is 6.23. The van der Waals surface area contributed by atoms with Crippen molar-refractivity contribution < 1.29 is 18.4 Å². The van der Waals surface area contributed by atoms with Crippen molar-refractivity contribution in [3.05, 3.63) is 52.8 Å². The summed E-state index contributed by atoms with van der Waals surface area (Å²) < 4.78 is 24.7. The molecule has 1 N–H and O–H groups in total. The maximum absolute atomic E-state index is 13.6. The lowest BCUT2D eigenvalue weighted by molar-refractivity contribution is 0.177. The van der Waals surface area contributed by atoms with E-state index in [1.807, 2.05) is 19.1 Å². The molecular weight excluding hydrogens is 329 g/mol. The van der Waals surface area contributed by atoms with E-state index in [4.69, 9.17) is 14.2 Å². The minimum Gasteiger partial charge on any atom is -0.457 e. The molecule has 6 heteroatoms. The Balaban J connectivity index is 1.95. The van der Waals surface area contributed by atoms with E-state index in [0.717, 1.165) is 22.1 Å². The molecule has 1 unspecified atom stereocenters. The Labute approximate surface area is 144 Å². The van der Waals surface area contributed by atoms with Gasteiger partial charge in [-0.2, -0.15) is 5.26 Å². The van der Waals surface area contributed by atoms with Gasteiger partial charge in [0.1, 0.15) is 17.3 Å². The van der Waals surface area contributed by atoms with Gasteiger partial charge in [-0.05, 0) is 44.0 Å². The van der Waals surface area contributed by atoms with E-state index in [2.05, 4.69) is 0 Å². The van der Waals surface area contributed by atoms with Crippen LogP contribution < -0.4 is 4.74 Å². The van der Waals surface area contributed by atoms with E-state index < -0.39 is 11.9 Å².